The Labute approximate surface area is 115 Å². The van der Waals surface area contributed by atoms with Crippen LogP contribution in [0.3, 0.4) is 0 Å². The van der Waals surface area contributed by atoms with Gasteiger partial charge in [0.05, 0.1) is 9.21 Å². The fraction of sp³-hybridized carbons (Fsp3) is 0.214. The molecule has 0 aliphatic carbocycles. The predicted molar refractivity (Wildman–Crippen MR) is 74.7 cm³/mol. The lowest BCUT2D eigenvalue weighted by atomic mass is 10.0. The van der Waals surface area contributed by atoms with E-state index < -0.39 is 0 Å². The highest BCUT2D eigenvalue weighted by Crippen LogP contribution is 2.36. The standard InChI is InChI=1S/C14H13ClO2S/c1-9-4-3-5-10(6-9)13(17-2)12-7-11(8-16)18-14(12)15/h3-8,13H,1-2H3. The molecule has 0 amide bonds. The Kier molecular flexibility index (Phi) is 4.17. The van der Waals surface area contributed by atoms with Gasteiger partial charge in [-0.3, -0.25) is 4.79 Å². The van der Waals surface area contributed by atoms with Crippen molar-refractivity contribution in [2.75, 3.05) is 7.11 Å². The minimum absolute atomic E-state index is 0.234. The molecule has 0 saturated heterocycles. The minimum atomic E-state index is -0.234. The zero-order valence-electron chi connectivity index (χ0n) is 10.1. The van der Waals surface area contributed by atoms with Gasteiger partial charge in [-0.05, 0) is 18.6 Å². The Morgan fingerprint density at radius 2 is 2.17 bits per heavy atom. The number of carbonyl (C=O) groups is 1. The smallest absolute Gasteiger partial charge is 0.160 e. The Balaban J connectivity index is 2.44. The van der Waals surface area contributed by atoms with Gasteiger partial charge in [-0.2, -0.15) is 0 Å². The molecule has 1 aromatic heterocycles. The Hall–Kier alpha value is -1.16. The van der Waals surface area contributed by atoms with Gasteiger partial charge in [0, 0.05) is 12.7 Å². The van der Waals surface area contributed by atoms with Gasteiger partial charge in [-0.1, -0.05) is 41.4 Å². The van der Waals surface area contributed by atoms with Crippen molar-refractivity contribution < 1.29 is 9.53 Å². The van der Waals surface area contributed by atoms with Crippen LogP contribution in [0.1, 0.15) is 32.5 Å². The maximum atomic E-state index is 10.8. The first-order valence-electron chi connectivity index (χ1n) is 5.49. The molecule has 18 heavy (non-hydrogen) atoms. The highest BCUT2D eigenvalue weighted by atomic mass is 35.5. The molecule has 1 aromatic carbocycles. The third-order valence-electron chi connectivity index (χ3n) is 2.71. The molecule has 0 aliphatic rings. The van der Waals surface area contributed by atoms with Gasteiger partial charge < -0.3 is 4.74 Å². The van der Waals surface area contributed by atoms with Crippen molar-refractivity contribution in [1.29, 1.82) is 0 Å². The lowest BCUT2D eigenvalue weighted by Gasteiger charge is -2.15. The molecule has 1 heterocycles. The van der Waals surface area contributed by atoms with Gasteiger partial charge in [-0.25, -0.2) is 0 Å². The number of ether oxygens (including phenoxy) is 1. The van der Waals surface area contributed by atoms with E-state index in [1.54, 1.807) is 13.2 Å². The van der Waals surface area contributed by atoms with Crippen molar-refractivity contribution in [3.63, 3.8) is 0 Å². The summed E-state index contributed by atoms with van der Waals surface area (Å²) < 4.78 is 6.12. The largest absolute Gasteiger partial charge is 0.372 e. The SMILES string of the molecule is COC(c1cccc(C)c1)c1cc(C=O)sc1Cl. The van der Waals surface area contributed by atoms with E-state index in [-0.39, 0.29) is 6.10 Å². The van der Waals surface area contributed by atoms with E-state index in [0.29, 0.717) is 9.21 Å². The Morgan fingerprint density at radius 3 is 2.72 bits per heavy atom. The van der Waals surface area contributed by atoms with Gasteiger partial charge in [-0.15, -0.1) is 11.3 Å². The number of hydrogen-bond acceptors (Lipinski definition) is 3. The van der Waals surface area contributed by atoms with Crippen LogP contribution in [0.4, 0.5) is 0 Å². The summed E-state index contributed by atoms with van der Waals surface area (Å²) in [6, 6.07) is 9.86. The number of carbonyl (C=O) groups excluding carboxylic acids is 1. The molecule has 0 saturated carbocycles. The van der Waals surface area contributed by atoms with E-state index in [1.807, 2.05) is 25.1 Å². The molecule has 4 heteroatoms. The molecule has 0 N–H and O–H groups in total. The van der Waals surface area contributed by atoms with Crippen LogP contribution in [0.2, 0.25) is 4.34 Å². The molecule has 0 aliphatic heterocycles. The number of thiophene rings is 1. The molecule has 1 atom stereocenters. The van der Waals surface area contributed by atoms with Crippen LogP contribution in [-0.2, 0) is 4.74 Å². The molecular formula is C14H13ClO2S. The number of aldehydes is 1. The third kappa shape index (κ3) is 2.64. The normalized spacial score (nSPS) is 12.4. The number of benzene rings is 1. The summed E-state index contributed by atoms with van der Waals surface area (Å²) >= 11 is 7.44. The Bertz CT molecular complexity index is 563. The molecular weight excluding hydrogens is 268 g/mol. The zero-order chi connectivity index (χ0) is 13.1. The van der Waals surface area contributed by atoms with Crippen LogP contribution in [0, 0.1) is 6.92 Å². The summed E-state index contributed by atoms with van der Waals surface area (Å²) in [5, 5.41) is 0. The van der Waals surface area contributed by atoms with E-state index in [4.69, 9.17) is 16.3 Å². The highest BCUT2D eigenvalue weighted by Gasteiger charge is 2.19. The number of methoxy groups -OCH3 is 1. The van der Waals surface area contributed by atoms with Gasteiger partial charge in [0.25, 0.3) is 0 Å². The topological polar surface area (TPSA) is 26.3 Å². The maximum Gasteiger partial charge on any atom is 0.160 e. The van der Waals surface area contributed by atoms with Crippen molar-refractivity contribution in [2.24, 2.45) is 0 Å². The summed E-state index contributed by atoms with van der Waals surface area (Å²) in [6.45, 7) is 2.03. The first kappa shape index (κ1) is 13.3. The van der Waals surface area contributed by atoms with E-state index in [2.05, 4.69) is 6.07 Å². The summed E-state index contributed by atoms with van der Waals surface area (Å²) in [5.41, 5.74) is 3.04. The maximum absolute atomic E-state index is 10.8. The number of hydrogen-bond donors (Lipinski definition) is 0. The summed E-state index contributed by atoms with van der Waals surface area (Å²) in [7, 11) is 1.64. The van der Waals surface area contributed by atoms with E-state index in [1.165, 1.54) is 11.3 Å². The van der Waals surface area contributed by atoms with Gasteiger partial charge >= 0.3 is 0 Å². The monoisotopic (exact) mass is 280 g/mol. The summed E-state index contributed by atoms with van der Waals surface area (Å²) in [5.74, 6) is 0. The predicted octanol–water partition coefficient (Wildman–Crippen LogP) is 4.26. The summed E-state index contributed by atoms with van der Waals surface area (Å²) in [6.07, 6.45) is 0.575. The second-order valence-electron chi connectivity index (χ2n) is 4.03. The fourth-order valence-electron chi connectivity index (χ4n) is 1.91. The molecule has 0 bridgehead atoms. The van der Waals surface area contributed by atoms with Crippen LogP contribution in [0.5, 0.6) is 0 Å². The fourth-order valence-corrected chi connectivity index (χ4v) is 3.06. The quantitative estimate of drug-likeness (QED) is 0.782. The highest BCUT2D eigenvalue weighted by molar-refractivity contribution is 7.17. The number of halogens is 1. The van der Waals surface area contributed by atoms with E-state index in [0.717, 1.165) is 23.0 Å². The van der Waals surface area contributed by atoms with E-state index >= 15 is 0 Å². The van der Waals surface area contributed by atoms with Crippen LogP contribution < -0.4 is 0 Å². The molecule has 2 aromatic rings. The van der Waals surface area contributed by atoms with Crippen molar-refractivity contribution in [3.8, 4) is 0 Å². The number of aryl methyl sites for hydroxylation is 1. The van der Waals surface area contributed by atoms with Gasteiger partial charge in [0.2, 0.25) is 0 Å². The van der Waals surface area contributed by atoms with Gasteiger partial charge in [0.1, 0.15) is 6.10 Å². The lowest BCUT2D eigenvalue weighted by Crippen LogP contribution is -2.03. The van der Waals surface area contributed by atoms with Gasteiger partial charge in [0.15, 0.2) is 6.29 Å². The van der Waals surface area contributed by atoms with Crippen molar-refractivity contribution in [2.45, 2.75) is 13.0 Å². The van der Waals surface area contributed by atoms with Crippen molar-refractivity contribution in [3.05, 3.63) is 56.2 Å². The second kappa shape index (κ2) is 5.65. The summed E-state index contributed by atoms with van der Waals surface area (Å²) in [4.78, 5) is 11.4. The minimum Gasteiger partial charge on any atom is -0.372 e. The second-order valence-corrected chi connectivity index (χ2v) is 5.71. The molecule has 0 radical (unpaired) electrons. The third-order valence-corrected chi connectivity index (χ3v) is 4.03. The van der Waals surface area contributed by atoms with Crippen LogP contribution in [0.15, 0.2) is 30.3 Å². The molecule has 0 fully saturated rings. The average molecular weight is 281 g/mol. The molecule has 2 nitrogen and oxygen atoms in total. The van der Waals surface area contributed by atoms with Crippen molar-refractivity contribution >= 4 is 29.2 Å². The van der Waals surface area contributed by atoms with Crippen LogP contribution >= 0.6 is 22.9 Å². The van der Waals surface area contributed by atoms with Crippen LogP contribution in [-0.4, -0.2) is 13.4 Å². The van der Waals surface area contributed by atoms with Crippen LogP contribution in [0.25, 0.3) is 0 Å². The van der Waals surface area contributed by atoms with E-state index in [9.17, 15) is 4.79 Å². The average Bonchev–Trinajstić information content (AvgIpc) is 2.72. The molecule has 94 valence electrons. The van der Waals surface area contributed by atoms with Crippen molar-refractivity contribution in [1.82, 2.24) is 0 Å². The Morgan fingerprint density at radius 1 is 1.39 bits per heavy atom. The molecule has 2 rings (SSSR count). The zero-order valence-corrected chi connectivity index (χ0v) is 11.7. The first-order chi connectivity index (χ1) is 8.65. The molecule has 0 spiro atoms. The lowest BCUT2D eigenvalue weighted by molar-refractivity contribution is 0.112. The number of rotatable bonds is 4. The molecule has 1 unspecified atom stereocenters. The first-order valence-corrected chi connectivity index (χ1v) is 6.69.